The van der Waals surface area contributed by atoms with Crippen molar-refractivity contribution in [2.45, 2.75) is 154 Å². The lowest BCUT2D eigenvalue weighted by Crippen LogP contribution is -2.30. The Bertz CT molecular complexity index is 7130. The van der Waals surface area contributed by atoms with E-state index in [1.807, 2.05) is 6.07 Å². The third-order valence-corrected chi connectivity index (χ3v) is 25.7. The minimum absolute atomic E-state index is 0.411. The summed E-state index contributed by atoms with van der Waals surface area (Å²) in [6, 6.07) is 109. The summed E-state index contributed by atoms with van der Waals surface area (Å²) in [6.07, 6.45) is 17.5. The van der Waals surface area contributed by atoms with Gasteiger partial charge in [-0.15, -0.1) is 0 Å². The molecule has 0 aliphatic rings. The second-order valence-electron chi connectivity index (χ2n) is 37.7. The van der Waals surface area contributed by atoms with Crippen LogP contribution in [0.1, 0.15) is 168 Å². The summed E-state index contributed by atoms with van der Waals surface area (Å²) in [7, 11) is 10.7. The van der Waals surface area contributed by atoms with E-state index in [1.165, 1.54) is 190 Å². The maximum absolute atomic E-state index is 2.52. The van der Waals surface area contributed by atoms with Gasteiger partial charge in [-0.05, 0) is 212 Å². The molecule has 0 bridgehead atoms. The van der Waals surface area contributed by atoms with Crippen LogP contribution in [0.2, 0.25) is 0 Å². The van der Waals surface area contributed by atoms with E-state index in [-0.39, 0.29) is 0 Å². The summed E-state index contributed by atoms with van der Waals surface area (Å²) in [5, 5.41) is 3.99. The van der Waals surface area contributed by atoms with Gasteiger partial charge in [0.05, 0.1) is 62.9 Å². The molecule has 0 spiro atoms. The number of imidazole rings is 5. The quantitative estimate of drug-likeness (QED) is 0.0607. The van der Waals surface area contributed by atoms with Gasteiger partial charge in [0.2, 0.25) is 0 Å². The van der Waals surface area contributed by atoms with Gasteiger partial charge >= 0.3 is 0 Å². The lowest BCUT2D eigenvalue weighted by molar-refractivity contribution is -0.659. The van der Waals surface area contributed by atoms with Crippen LogP contribution in [0.5, 0.6) is 0 Å². The maximum atomic E-state index is 2.52. The molecule has 10 heteroatoms. The van der Waals surface area contributed by atoms with Gasteiger partial charge in [-0.1, -0.05) is 308 Å². The van der Waals surface area contributed by atoms with Crippen molar-refractivity contribution in [2.24, 2.45) is 47.1 Å². The van der Waals surface area contributed by atoms with Crippen molar-refractivity contribution in [2.75, 3.05) is 0 Å². The van der Waals surface area contributed by atoms with Crippen molar-refractivity contribution in [3.63, 3.8) is 0 Å². The van der Waals surface area contributed by atoms with Gasteiger partial charge in [0.1, 0.15) is 71.6 Å². The molecule has 0 saturated heterocycles. The Balaban J connectivity index is 0.000000127. The maximum Gasteiger partial charge on any atom is 0.295 e. The number of nitrogens with zero attached hydrogens (tertiary/aromatic N) is 10. The Morgan fingerprint density at radius 2 is 0.664 bits per heavy atom. The lowest BCUT2D eigenvalue weighted by Gasteiger charge is -2.20. The number of hydrogen-bond acceptors (Lipinski definition) is 0. The smallest absolute Gasteiger partial charge is 0.232 e. The average molecular weight is 1730 g/mol. The molecule has 0 aliphatic carbocycles. The van der Waals surface area contributed by atoms with Crippen LogP contribution >= 0.6 is 0 Å². The Kier molecular flexibility index (Phi) is 28.4. The monoisotopic (exact) mass is 1730 g/mol. The fourth-order valence-corrected chi connectivity index (χ4v) is 19.3. The minimum atomic E-state index is 0.411. The zero-order valence-corrected chi connectivity index (χ0v) is 81.3. The molecule has 662 valence electrons. The first kappa shape index (κ1) is 91.9. The fraction of sp³-hybridized carbons (Fsp3) is 0.248. The summed E-state index contributed by atoms with van der Waals surface area (Å²) in [4.78, 5) is 0. The largest absolute Gasteiger partial charge is 0.295 e. The number of rotatable bonds is 18. The van der Waals surface area contributed by atoms with Crippen LogP contribution in [0.3, 0.4) is 0 Å². The number of aryl methyl sites for hydroxylation is 10. The summed E-state index contributed by atoms with van der Waals surface area (Å²) >= 11 is 0. The first-order chi connectivity index (χ1) is 63.2. The first-order valence-corrected chi connectivity index (χ1v) is 47.0. The number of hydrogen-bond donors (Lipinski definition) is 0. The number of aromatic nitrogens is 10. The molecular formula is C121H133N10+5. The van der Waals surface area contributed by atoms with Gasteiger partial charge in [-0.3, -0.25) is 0 Å². The Morgan fingerprint density at radius 3 is 1.13 bits per heavy atom. The molecular weight excluding hydrogens is 1590 g/mol. The molecule has 6 heterocycles. The van der Waals surface area contributed by atoms with E-state index in [2.05, 4.69) is 539 Å². The van der Waals surface area contributed by atoms with E-state index < -0.39 is 0 Å². The standard InChI is InChI=1S/C31H35N2.C29H33N2.C23H29N2.C21H19N2.C17H17N2/c1-20(2)17-23-12-10-13-24(18-21(3)4)30(23)28-19-32(6)31-29-22(5)11-9-15-26(29)25-14-7-8-16-27(25)33(28)31;1-20(2)26-18-24(23-13-8-7-9-14-23)19-27(21(3)4)28(26)31-17-16-30(6)29(31)25-15-11-10-12-22(25)5;1-16(2)19-12-9-13-20(17(3)4)22(19)25-15-14-24(6)23(25)21-11-8-7-10-18(21)5;1-16-10-6-7-13-18(16)21-22(2)19-14-8-9-15-20(19)23(21)17-11-4-3-5-12-17;1-14-8-6-7-11-16(14)17-18(2)12-13-19(17)15-9-4-3-5-10-15/h7-16,19-21H,17-18H2,1-6H3;7-21H,1-6H3;7-17H,1-6H3;3-15H,1-2H3;3-13H,1-2H3/q5*+1. The lowest BCUT2D eigenvalue weighted by atomic mass is 9.88. The Morgan fingerprint density at radius 1 is 0.298 bits per heavy atom. The van der Waals surface area contributed by atoms with E-state index in [0.29, 0.717) is 35.5 Å². The van der Waals surface area contributed by atoms with E-state index in [1.54, 1.807) is 0 Å². The topological polar surface area (TPSA) is 43.5 Å². The van der Waals surface area contributed by atoms with Crippen molar-refractivity contribution in [3.8, 4) is 90.7 Å². The van der Waals surface area contributed by atoms with Gasteiger partial charge in [0.25, 0.3) is 28.9 Å². The van der Waals surface area contributed by atoms with Crippen molar-refractivity contribution >= 4 is 38.4 Å². The molecule has 0 amide bonds. The molecule has 131 heavy (non-hydrogen) atoms. The Hall–Kier alpha value is -13.8. The van der Waals surface area contributed by atoms with E-state index in [0.717, 1.165) is 12.8 Å². The number of benzene rings is 13. The zero-order chi connectivity index (χ0) is 92.6. The van der Waals surface area contributed by atoms with E-state index in [4.69, 9.17) is 0 Å². The second kappa shape index (κ2) is 40.5. The number of fused-ring (bicyclic) bond motifs is 7. The third kappa shape index (κ3) is 19.2. The van der Waals surface area contributed by atoms with Crippen LogP contribution in [0.15, 0.2) is 347 Å². The highest BCUT2D eigenvalue weighted by Crippen LogP contribution is 2.42. The molecule has 10 nitrogen and oxygen atoms in total. The summed E-state index contributed by atoms with van der Waals surface area (Å²) < 4.78 is 23.1. The Labute approximate surface area is 778 Å². The second-order valence-corrected chi connectivity index (χ2v) is 37.7. The van der Waals surface area contributed by atoms with Gasteiger partial charge < -0.3 is 0 Å². The third-order valence-electron chi connectivity index (χ3n) is 25.7. The van der Waals surface area contributed by atoms with Gasteiger partial charge in [-0.2, -0.15) is 22.7 Å². The molecule has 6 aromatic heterocycles. The molecule has 0 radical (unpaired) electrons. The van der Waals surface area contributed by atoms with Crippen molar-refractivity contribution in [1.29, 1.82) is 0 Å². The molecule has 0 saturated carbocycles. The molecule has 0 unspecified atom stereocenters. The average Bonchev–Trinajstić information content (AvgIpc) is 1.60. The van der Waals surface area contributed by atoms with Crippen LogP contribution in [-0.2, 0) is 48.1 Å². The van der Waals surface area contributed by atoms with Crippen LogP contribution in [0.4, 0.5) is 0 Å². The molecule has 0 N–H and O–H groups in total. The molecule has 0 fully saturated rings. The molecule has 0 atom stereocenters. The van der Waals surface area contributed by atoms with Crippen molar-refractivity contribution in [3.05, 3.63) is 408 Å². The zero-order valence-electron chi connectivity index (χ0n) is 81.3. The summed E-state index contributed by atoms with van der Waals surface area (Å²) in [5.74, 6) is 7.84. The fourth-order valence-electron chi connectivity index (χ4n) is 19.3. The van der Waals surface area contributed by atoms with Crippen LogP contribution in [-0.4, -0.2) is 22.7 Å². The predicted molar refractivity (Wildman–Crippen MR) is 549 cm³/mol. The number of pyridine rings is 1. The highest BCUT2D eigenvalue weighted by Gasteiger charge is 2.33. The predicted octanol–water partition coefficient (Wildman–Crippen LogP) is 27.9. The normalized spacial score (nSPS) is 11.5. The highest BCUT2D eigenvalue weighted by atomic mass is 15.2. The van der Waals surface area contributed by atoms with Crippen LogP contribution in [0, 0.1) is 46.5 Å². The van der Waals surface area contributed by atoms with E-state index in [9.17, 15) is 0 Å². The van der Waals surface area contributed by atoms with Crippen LogP contribution in [0.25, 0.3) is 129 Å². The van der Waals surface area contributed by atoms with Gasteiger partial charge in [-0.25, -0.2) is 22.8 Å². The van der Waals surface area contributed by atoms with E-state index >= 15 is 0 Å². The molecule has 19 rings (SSSR count). The number of para-hydroxylation sites is 6. The highest BCUT2D eigenvalue weighted by molar-refractivity contribution is 6.13. The SMILES string of the molecule is Cc1cccc2c3ccccc3n3c(-c4c(CC(C)C)cccc4CC(C)C)c[n+](C)c3c12.Cc1ccccc1-c1n(-c2c(C(C)C)cc(-c3ccccc3)cc2C(C)C)cc[n+]1C.Cc1ccccc1-c1n(-c2c(C(C)C)cccc2C(C)C)cc[n+]1C.Cc1ccccc1-c1n(-c2ccccc2)c2ccccc2[n+]1C.Cc1ccccc1-c1n(-c2ccccc2)cc[n+]1C. The van der Waals surface area contributed by atoms with Crippen molar-refractivity contribution in [1.82, 2.24) is 22.7 Å². The first-order valence-electron chi connectivity index (χ1n) is 47.0. The minimum Gasteiger partial charge on any atom is -0.232 e. The summed E-state index contributed by atoms with van der Waals surface area (Å²) in [6.45, 7) is 38.5. The molecule has 19 aromatic rings. The van der Waals surface area contributed by atoms with Gasteiger partial charge in [0, 0.05) is 38.6 Å². The van der Waals surface area contributed by atoms with Crippen molar-refractivity contribution < 1.29 is 22.8 Å². The summed E-state index contributed by atoms with van der Waals surface area (Å²) in [5.41, 5.74) is 35.4. The van der Waals surface area contributed by atoms with Gasteiger partial charge in [0.15, 0.2) is 16.7 Å². The van der Waals surface area contributed by atoms with Crippen LogP contribution < -0.4 is 22.8 Å². The molecule has 0 aliphatic heterocycles. The molecule has 13 aromatic carbocycles.